The van der Waals surface area contributed by atoms with Gasteiger partial charge >= 0.3 is 6.01 Å². The van der Waals surface area contributed by atoms with E-state index in [-0.39, 0.29) is 11.8 Å². The lowest BCUT2D eigenvalue weighted by molar-refractivity contribution is 0.311. The Hall–Kier alpha value is -3.24. The van der Waals surface area contributed by atoms with Crippen LogP contribution in [0.4, 0.5) is 21.2 Å². The average Bonchev–Trinajstić information content (AvgIpc) is 3.40. The fourth-order valence-electron chi connectivity index (χ4n) is 3.90. The number of likely N-dealkylation sites (N-methyl/N-ethyl adjacent to an activating group) is 1. The molecule has 0 atom stereocenters. The fraction of sp³-hybridized carbons (Fsp3) is 0.375. The molecule has 3 aromatic heterocycles. The van der Waals surface area contributed by atoms with E-state index in [0.717, 1.165) is 53.7 Å². The first-order chi connectivity index (χ1) is 16.3. The second-order valence-corrected chi connectivity index (χ2v) is 10.0. The Morgan fingerprint density at radius 3 is 2.65 bits per heavy atom. The zero-order chi connectivity index (χ0) is 23.8. The molecule has 4 aromatic rings. The Balaban J connectivity index is 1.48. The highest BCUT2D eigenvalue weighted by Crippen LogP contribution is 2.32. The van der Waals surface area contributed by atoms with Crippen molar-refractivity contribution in [3.8, 4) is 11.8 Å². The van der Waals surface area contributed by atoms with Crippen molar-refractivity contribution in [2.24, 2.45) is 0 Å². The first-order valence-corrected chi connectivity index (χ1v) is 12.2. The van der Waals surface area contributed by atoms with Gasteiger partial charge in [0.15, 0.2) is 16.7 Å². The molecule has 8 nitrogen and oxygen atoms in total. The molecule has 34 heavy (non-hydrogen) atoms. The number of fused-ring (bicyclic) bond motifs is 1. The largest absolute Gasteiger partial charge is 0.421 e. The number of nitrogens with zero attached hydrogens (tertiary/aromatic N) is 5. The Bertz CT molecular complexity index is 1310. The lowest BCUT2D eigenvalue weighted by Crippen LogP contribution is -2.44. The number of thiazole rings is 1. The van der Waals surface area contributed by atoms with E-state index in [0.29, 0.717) is 11.7 Å². The molecular formula is C24H28FN7OS. The SMILES string of the molecule is Cc1cc2cc(Oc3nc(Nc4ncc(C(C)C)s4)cc(N4CCN(C)CC4)n3)c(F)cc2[nH]1. The number of aryl methyl sites for hydroxylation is 1. The van der Waals surface area contributed by atoms with Gasteiger partial charge < -0.3 is 24.8 Å². The lowest BCUT2D eigenvalue weighted by atomic mass is 10.2. The van der Waals surface area contributed by atoms with Crippen LogP contribution in [0.5, 0.6) is 11.8 Å². The number of hydrogen-bond donors (Lipinski definition) is 2. The molecule has 1 saturated heterocycles. The topological polar surface area (TPSA) is 82.2 Å². The number of aromatic amines is 1. The van der Waals surface area contributed by atoms with E-state index in [1.54, 1.807) is 17.4 Å². The number of halogens is 1. The van der Waals surface area contributed by atoms with Crippen LogP contribution in [0, 0.1) is 12.7 Å². The van der Waals surface area contributed by atoms with E-state index in [2.05, 4.69) is 55.9 Å². The molecule has 1 fully saturated rings. The van der Waals surface area contributed by atoms with Crippen molar-refractivity contribution in [1.29, 1.82) is 0 Å². The number of rotatable bonds is 6. The number of anilines is 3. The van der Waals surface area contributed by atoms with Crippen molar-refractivity contribution < 1.29 is 9.13 Å². The van der Waals surface area contributed by atoms with Crippen LogP contribution in [0.25, 0.3) is 10.9 Å². The van der Waals surface area contributed by atoms with E-state index in [1.807, 2.05) is 25.3 Å². The smallest absolute Gasteiger partial charge is 0.326 e. The van der Waals surface area contributed by atoms with Crippen LogP contribution in [0.2, 0.25) is 0 Å². The maximum atomic E-state index is 14.8. The summed E-state index contributed by atoms with van der Waals surface area (Å²) in [6.45, 7) is 9.75. The summed E-state index contributed by atoms with van der Waals surface area (Å²) >= 11 is 1.59. The Morgan fingerprint density at radius 1 is 1.12 bits per heavy atom. The normalized spacial score (nSPS) is 14.8. The zero-order valence-corrected chi connectivity index (χ0v) is 20.5. The second kappa shape index (κ2) is 9.19. The maximum Gasteiger partial charge on any atom is 0.326 e. The monoisotopic (exact) mass is 481 g/mol. The van der Waals surface area contributed by atoms with Crippen LogP contribution in [0.3, 0.4) is 0 Å². The van der Waals surface area contributed by atoms with Crippen LogP contribution < -0.4 is 15.0 Å². The standard InChI is InChI=1S/C24H28FN7OS/c1-14(2)20-13-26-24(34-20)29-21-12-22(32-7-5-31(4)6-8-32)30-23(28-21)33-19-10-16-9-15(3)27-18(16)11-17(19)25/h9-14,27H,5-8H2,1-4H3,(H,26,28,29,30). The van der Waals surface area contributed by atoms with Gasteiger partial charge in [-0.3, -0.25) is 0 Å². The third-order valence-electron chi connectivity index (χ3n) is 5.86. The highest BCUT2D eigenvalue weighted by molar-refractivity contribution is 7.15. The van der Waals surface area contributed by atoms with Crippen LogP contribution in [-0.4, -0.2) is 58.1 Å². The van der Waals surface area contributed by atoms with Gasteiger partial charge in [-0.05, 0) is 32.0 Å². The summed E-state index contributed by atoms with van der Waals surface area (Å²) in [6.07, 6.45) is 1.88. The van der Waals surface area contributed by atoms with Gasteiger partial charge in [0.25, 0.3) is 0 Å². The first-order valence-electron chi connectivity index (χ1n) is 11.4. The summed E-state index contributed by atoms with van der Waals surface area (Å²) in [5.41, 5.74) is 1.68. The Morgan fingerprint density at radius 2 is 1.91 bits per heavy atom. The molecule has 178 valence electrons. The maximum absolute atomic E-state index is 14.8. The van der Waals surface area contributed by atoms with E-state index >= 15 is 0 Å². The number of aromatic nitrogens is 4. The van der Waals surface area contributed by atoms with Gasteiger partial charge in [0.1, 0.15) is 11.6 Å². The molecule has 10 heteroatoms. The predicted molar refractivity (Wildman–Crippen MR) is 134 cm³/mol. The quantitative estimate of drug-likeness (QED) is 0.388. The van der Waals surface area contributed by atoms with Gasteiger partial charge in [0, 0.05) is 66.0 Å². The summed E-state index contributed by atoms with van der Waals surface area (Å²) < 4.78 is 20.7. The van der Waals surface area contributed by atoms with Crippen LogP contribution in [0.15, 0.2) is 30.5 Å². The van der Waals surface area contributed by atoms with Gasteiger partial charge in [0.2, 0.25) is 0 Å². The van der Waals surface area contributed by atoms with Crippen LogP contribution in [0.1, 0.15) is 30.3 Å². The summed E-state index contributed by atoms with van der Waals surface area (Å²) in [7, 11) is 2.11. The number of H-pyrrole nitrogens is 1. The molecular weight excluding hydrogens is 453 g/mol. The van der Waals surface area contributed by atoms with Gasteiger partial charge in [-0.25, -0.2) is 9.37 Å². The van der Waals surface area contributed by atoms with Crippen molar-refractivity contribution in [3.63, 3.8) is 0 Å². The summed E-state index contributed by atoms with van der Waals surface area (Å²) in [5, 5.41) is 4.89. The van der Waals surface area contributed by atoms with Gasteiger partial charge in [0.05, 0.1) is 0 Å². The number of piperazine rings is 1. The van der Waals surface area contributed by atoms with Crippen molar-refractivity contribution in [3.05, 3.63) is 46.9 Å². The molecule has 0 radical (unpaired) electrons. The molecule has 0 saturated carbocycles. The van der Waals surface area contributed by atoms with E-state index in [1.165, 1.54) is 10.9 Å². The molecule has 0 amide bonds. The van der Waals surface area contributed by atoms with Crippen LogP contribution >= 0.6 is 11.3 Å². The molecule has 0 unspecified atom stereocenters. The number of nitrogens with one attached hydrogen (secondary N) is 2. The molecule has 1 aliphatic rings. The minimum Gasteiger partial charge on any atom is -0.421 e. The average molecular weight is 482 g/mol. The molecule has 0 bridgehead atoms. The molecule has 1 aliphatic heterocycles. The minimum absolute atomic E-state index is 0.0873. The number of hydrogen-bond acceptors (Lipinski definition) is 8. The molecule has 5 rings (SSSR count). The van der Waals surface area contributed by atoms with Gasteiger partial charge in [-0.15, -0.1) is 11.3 Å². The lowest BCUT2D eigenvalue weighted by Gasteiger charge is -2.33. The molecule has 1 aromatic carbocycles. The van der Waals surface area contributed by atoms with E-state index in [9.17, 15) is 4.39 Å². The van der Waals surface area contributed by atoms with Crippen molar-refractivity contribution in [2.75, 3.05) is 43.4 Å². The number of ether oxygens (including phenoxy) is 1. The second-order valence-electron chi connectivity index (χ2n) is 8.96. The number of benzene rings is 1. The fourth-order valence-corrected chi connectivity index (χ4v) is 4.72. The molecule has 0 spiro atoms. The molecule has 0 aliphatic carbocycles. The predicted octanol–water partition coefficient (Wildman–Crippen LogP) is 5.27. The molecule has 4 heterocycles. The summed E-state index contributed by atoms with van der Waals surface area (Å²) in [4.78, 5) is 22.4. The van der Waals surface area contributed by atoms with E-state index in [4.69, 9.17) is 4.74 Å². The Kier molecular flexibility index (Phi) is 6.09. The molecule has 2 N–H and O–H groups in total. The van der Waals surface area contributed by atoms with Gasteiger partial charge in [-0.2, -0.15) is 9.97 Å². The zero-order valence-electron chi connectivity index (χ0n) is 19.7. The van der Waals surface area contributed by atoms with Gasteiger partial charge in [-0.1, -0.05) is 13.8 Å². The van der Waals surface area contributed by atoms with E-state index < -0.39 is 5.82 Å². The third-order valence-corrected chi connectivity index (χ3v) is 7.07. The third kappa shape index (κ3) is 4.83. The van der Waals surface area contributed by atoms with Crippen molar-refractivity contribution in [2.45, 2.75) is 26.7 Å². The minimum atomic E-state index is -0.473. The van der Waals surface area contributed by atoms with Crippen molar-refractivity contribution in [1.82, 2.24) is 24.8 Å². The van der Waals surface area contributed by atoms with Crippen molar-refractivity contribution >= 4 is 39.0 Å². The highest BCUT2D eigenvalue weighted by Gasteiger charge is 2.19. The van der Waals surface area contributed by atoms with Crippen LogP contribution in [-0.2, 0) is 0 Å². The highest BCUT2D eigenvalue weighted by atomic mass is 32.1. The summed E-state index contributed by atoms with van der Waals surface area (Å²) in [6, 6.07) is 7.03. The Labute approximate surface area is 201 Å². The first kappa shape index (κ1) is 22.5. The summed E-state index contributed by atoms with van der Waals surface area (Å²) in [5.74, 6) is 1.30.